The summed E-state index contributed by atoms with van der Waals surface area (Å²) in [6.07, 6.45) is 0. The van der Waals surface area contributed by atoms with Crippen LogP contribution in [0.1, 0.15) is 0 Å². The molecule has 2 amide bonds. The lowest BCUT2D eigenvalue weighted by molar-refractivity contribution is 0.109. The third kappa shape index (κ3) is 4.10. The van der Waals surface area contributed by atoms with E-state index in [2.05, 4.69) is 10.2 Å². The number of methoxy groups -OCH3 is 1. The van der Waals surface area contributed by atoms with E-state index in [1.807, 2.05) is 17.0 Å². The molecule has 1 fully saturated rings. The molecule has 1 aliphatic rings. The van der Waals surface area contributed by atoms with Crippen molar-refractivity contribution in [1.29, 1.82) is 0 Å². The topological polar surface area (TPSA) is 44.8 Å². The van der Waals surface area contributed by atoms with E-state index in [4.69, 9.17) is 16.3 Å². The first kappa shape index (κ1) is 15.1. The van der Waals surface area contributed by atoms with Crippen LogP contribution in [0.4, 0.5) is 10.5 Å². The van der Waals surface area contributed by atoms with Gasteiger partial charge in [-0.1, -0.05) is 23.7 Å². The van der Waals surface area contributed by atoms with Gasteiger partial charge in [-0.15, -0.1) is 0 Å². The third-order valence-corrected chi connectivity index (χ3v) is 3.72. The lowest BCUT2D eigenvalue weighted by Crippen LogP contribution is -2.50. The minimum Gasteiger partial charge on any atom is -0.383 e. The fourth-order valence-electron chi connectivity index (χ4n) is 2.15. The number of nitrogens with zero attached hydrogens (tertiary/aromatic N) is 2. The van der Waals surface area contributed by atoms with Gasteiger partial charge in [-0.3, -0.25) is 4.90 Å². The number of urea groups is 1. The summed E-state index contributed by atoms with van der Waals surface area (Å²) < 4.78 is 5.06. The Kier molecular flexibility index (Phi) is 5.64. The highest BCUT2D eigenvalue weighted by Gasteiger charge is 2.21. The number of halogens is 1. The highest BCUT2D eigenvalue weighted by atomic mass is 35.5. The van der Waals surface area contributed by atoms with E-state index in [0.717, 1.165) is 39.3 Å². The van der Waals surface area contributed by atoms with Gasteiger partial charge in [0.2, 0.25) is 0 Å². The quantitative estimate of drug-likeness (QED) is 0.926. The second kappa shape index (κ2) is 7.47. The minimum absolute atomic E-state index is 0.0931. The Balaban J connectivity index is 1.82. The van der Waals surface area contributed by atoms with Crippen molar-refractivity contribution in [3.8, 4) is 0 Å². The number of hydrogen-bond donors (Lipinski definition) is 1. The van der Waals surface area contributed by atoms with Gasteiger partial charge in [0.15, 0.2) is 0 Å². The van der Waals surface area contributed by atoms with Crippen molar-refractivity contribution in [3.05, 3.63) is 29.3 Å². The Bertz CT molecular complexity index is 448. The second-order valence-corrected chi connectivity index (χ2v) is 5.14. The number of carbonyl (C=O) groups excluding carboxylic acids is 1. The van der Waals surface area contributed by atoms with Gasteiger partial charge in [-0.25, -0.2) is 4.79 Å². The zero-order valence-corrected chi connectivity index (χ0v) is 12.4. The summed E-state index contributed by atoms with van der Waals surface area (Å²) in [5.74, 6) is 0. The molecule has 5 nitrogen and oxygen atoms in total. The molecule has 1 aromatic carbocycles. The van der Waals surface area contributed by atoms with Crippen LogP contribution in [0.5, 0.6) is 0 Å². The Morgan fingerprint density at radius 1 is 1.30 bits per heavy atom. The summed E-state index contributed by atoms with van der Waals surface area (Å²) in [4.78, 5) is 16.3. The van der Waals surface area contributed by atoms with Crippen molar-refractivity contribution in [1.82, 2.24) is 9.80 Å². The van der Waals surface area contributed by atoms with Crippen molar-refractivity contribution < 1.29 is 9.53 Å². The number of amides is 2. The number of hydrogen-bond acceptors (Lipinski definition) is 3. The smallest absolute Gasteiger partial charge is 0.321 e. The molecule has 0 radical (unpaired) electrons. The molecule has 1 heterocycles. The molecule has 2 rings (SSSR count). The maximum atomic E-state index is 12.2. The number of benzene rings is 1. The van der Waals surface area contributed by atoms with Gasteiger partial charge in [0, 0.05) is 39.8 Å². The van der Waals surface area contributed by atoms with Gasteiger partial charge < -0.3 is 15.0 Å². The number of ether oxygens (including phenoxy) is 1. The molecule has 110 valence electrons. The molecule has 1 aliphatic heterocycles. The zero-order chi connectivity index (χ0) is 14.4. The van der Waals surface area contributed by atoms with E-state index in [1.165, 1.54) is 0 Å². The predicted octanol–water partition coefficient (Wildman–Crippen LogP) is 2.14. The lowest BCUT2D eigenvalue weighted by atomic mass is 10.3. The van der Waals surface area contributed by atoms with Gasteiger partial charge in [-0.2, -0.15) is 0 Å². The van der Waals surface area contributed by atoms with E-state index in [9.17, 15) is 4.79 Å². The van der Waals surface area contributed by atoms with E-state index >= 15 is 0 Å². The maximum absolute atomic E-state index is 12.2. The Morgan fingerprint density at radius 3 is 2.65 bits per heavy atom. The summed E-state index contributed by atoms with van der Waals surface area (Å²) in [7, 11) is 1.70. The highest BCUT2D eigenvalue weighted by Crippen LogP contribution is 2.20. The Hall–Kier alpha value is -1.30. The largest absolute Gasteiger partial charge is 0.383 e. The predicted molar refractivity (Wildman–Crippen MR) is 80.4 cm³/mol. The molecule has 0 saturated carbocycles. The zero-order valence-electron chi connectivity index (χ0n) is 11.6. The van der Waals surface area contributed by atoms with Crippen molar-refractivity contribution in [2.75, 3.05) is 51.8 Å². The SMILES string of the molecule is COCCN1CCN(C(=O)Nc2ccccc2Cl)CC1. The molecule has 0 unspecified atom stereocenters. The molecule has 1 saturated heterocycles. The van der Waals surface area contributed by atoms with Gasteiger partial charge in [0.05, 0.1) is 17.3 Å². The number of rotatable bonds is 4. The average molecular weight is 298 g/mol. The molecule has 0 aromatic heterocycles. The van der Waals surface area contributed by atoms with Crippen LogP contribution in [-0.4, -0.2) is 62.3 Å². The van der Waals surface area contributed by atoms with E-state index in [0.29, 0.717) is 10.7 Å². The third-order valence-electron chi connectivity index (χ3n) is 3.39. The summed E-state index contributed by atoms with van der Waals surface area (Å²) in [5, 5.41) is 3.40. The molecule has 0 spiro atoms. The number of nitrogens with one attached hydrogen (secondary N) is 1. The first-order valence-corrected chi connectivity index (χ1v) is 7.10. The molecular formula is C14H20ClN3O2. The number of para-hydroxylation sites is 1. The highest BCUT2D eigenvalue weighted by molar-refractivity contribution is 6.33. The number of piperazine rings is 1. The monoisotopic (exact) mass is 297 g/mol. The van der Waals surface area contributed by atoms with Crippen LogP contribution in [-0.2, 0) is 4.74 Å². The van der Waals surface area contributed by atoms with Crippen molar-refractivity contribution in [2.24, 2.45) is 0 Å². The molecule has 0 bridgehead atoms. The van der Waals surface area contributed by atoms with E-state index in [-0.39, 0.29) is 6.03 Å². The van der Waals surface area contributed by atoms with Gasteiger partial charge in [0.1, 0.15) is 0 Å². The maximum Gasteiger partial charge on any atom is 0.321 e. The second-order valence-electron chi connectivity index (χ2n) is 4.73. The summed E-state index contributed by atoms with van der Waals surface area (Å²) in [6.45, 7) is 4.83. The molecule has 0 aliphatic carbocycles. The van der Waals surface area contributed by atoms with E-state index < -0.39 is 0 Å². The molecular weight excluding hydrogens is 278 g/mol. The van der Waals surface area contributed by atoms with Crippen molar-refractivity contribution >= 4 is 23.3 Å². The average Bonchev–Trinajstić information content (AvgIpc) is 2.48. The summed E-state index contributed by atoms with van der Waals surface area (Å²) >= 11 is 6.03. The van der Waals surface area contributed by atoms with Crippen LogP contribution in [0.3, 0.4) is 0 Å². The molecule has 1 N–H and O–H groups in total. The van der Waals surface area contributed by atoms with Crippen LogP contribution < -0.4 is 5.32 Å². The van der Waals surface area contributed by atoms with Gasteiger partial charge in [-0.05, 0) is 12.1 Å². The van der Waals surface area contributed by atoms with Crippen molar-refractivity contribution in [3.63, 3.8) is 0 Å². The number of carbonyl (C=O) groups is 1. The molecule has 0 atom stereocenters. The normalized spacial score (nSPS) is 16.2. The Labute approximate surface area is 124 Å². The Morgan fingerprint density at radius 2 is 2.00 bits per heavy atom. The van der Waals surface area contributed by atoms with E-state index in [1.54, 1.807) is 19.2 Å². The van der Waals surface area contributed by atoms with Gasteiger partial charge >= 0.3 is 6.03 Å². The van der Waals surface area contributed by atoms with Crippen LogP contribution in [0.2, 0.25) is 5.02 Å². The van der Waals surface area contributed by atoms with Crippen molar-refractivity contribution in [2.45, 2.75) is 0 Å². The standard InChI is InChI=1S/C14H20ClN3O2/c1-20-11-10-17-6-8-18(9-7-17)14(19)16-13-5-3-2-4-12(13)15/h2-5H,6-11H2,1H3,(H,16,19). The summed E-state index contributed by atoms with van der Waals surface area (Å²) in [5.41, 5.74) is 0.654. The van der Waals surface area contributed by atoms with Gasteiger partial charge in [0.25, 0.3) is 0 Å². The van der Waals surface area contributed by atoms with Crippen LogP contribution in [0.25, 0.3) is 0 Å². The fourth-order valence-corrected chi connectivity index (χ4v) is 2.33. The molecule has 6 heteroatoms. The van der Waals surface area contributed by atoms with Crippen LogP contribution in [0, 0.1) is 0 Å². The first-order valence-electron chi connectivity index (χ1n) is 6.72. The first-order chi connectivity index (χ1) is 9.70. The minimum atomic E-state index is -0.0931. The van der Waals surface area contributed by atoms with Crippen LogP contribution >= 0.6 is 11.6 Å². The van der Waals surface area contributed by atoms with Crippen LogP contribution in [0.15, 0.2) is 24.3 Å². The molecule has 20 heavy (non-hydrogen) atoms. The lowest BCUT2D eigenvalue weighted by Gasteiger charge is -2.34. The number of anilines is 1. The summed E-state index contributed by atoms with van der Waals surface area (Å²) in [6, 6.07) is 7.16. The fraction of sp³-hybridized carbons (Fsp3) is 0.500. The molecule has 1 aromatic rings.